The number of hydrogen-bond donors (Lipinski definition) is 0. The first-order chi connectivity index (χ1) is 15.1. The number of fused-ring (bicyclic) bond motifs is 2. The topological polar surface area (TPSA) is 63.7 Å². The minimum atomic E-state index is -1.48. The van der Waals surface area contributed by atoms with E-state index >= 15 is 0 Å². The zero-order chi connectivity index (χ0) is 26.4. The van der Waals surface area contributed by atoms with Gasteiger partial charge in [-0.3, -0.25) is 9.59 Å². The third-order valence-corrected chi connectivity index (χ3v) is 7.54. The molecule has 0 saturated carbocycles. The van der Waals surface area contributed by atoms with E-state index in [0.717, 1.165) is 11.1 Å². The van der Waals surface area contributed by atoms with Crippen molar-refractivity contribution in [3.63, 3.8) is 0 Å². The second-order valence-electron chi connectivity index (χ2n) is 14.4. The summed E-state index contributed by atoms with van der Waals surface area (Å²) in [4.78, 5) is 43.5. The van der Waals surface area contributed by atoms with Crippen molar-refractivity contribution in [2.45, 2.75) is 99.5 Å². The number of carbonyl (C=O) groups excluding carboxylic acids is 3. The van der Waals surface area contributed by atoms with Gasteiger partial charge in [0, 0.05) is 23.6 Å². The van der Waals surface area contributed by atoms with Crippen LogP contribution in [-0.4, -0.2) is 29.6 Å². The number of carbonyl (C=O) groups is 3. The predicted octanol–water partition coefficient (Wildman–Crippen LogP) is 5.76. The highest BCUT2D eigenvalue weighted by molar-refractivity contribution is 6.07. The Bertz CT molecular complexity index is 1060. The van der Waals surface area contributed by atoms with Gasteiger partial charge in [-0.1, -0.05) is 89.2 Å². The second kappa shape index (κ2) is 7.41. The third kappa shape index (κ3) is 3.70. The molecule has 1 saturated heterocycles. The van der Waals surface area contributed by atoms with E-state index < -0.39 is 34.2 Å². The van der Waals surface area contributed by atoms with E-state index in [1.165, 1.54) is 4.90 Å². The fourth-order valence-corrected chi connectivity index (χ4v) is 5.56. The lowest BCUT2D eigenvalue weighted by molar-refractivity contribution is -0.153. The summed E-state index contributed by atoms with van der Waals surface area (Å²) in [6.45, 7) is 24.2. The minimum Gasteiger partial charge on any atom is -0.424 e. The van der Waals surface area contributed by atoms with Gasteiger partial charge in [-0.05, 0) is 27.9 Å². The van der Waals surface area contributed by atoms with Crippen molar-refractivity contribution in [1.82, 2.24) is 4.90 Å². The number of Topliss-reactive ketones (excluding diaryl/α,β-unsaturated/α-hetero) is 1. The summed E-state index contributed by atoms with van der Waals surface area (Å²) in [5.74, 6) is -1.77. The molecule has 3 unspecified atom stereocenters. The first kappa shape index (κ1) is 26.4. The number of benzene rings is 1. The Hall–Kier alpha value is -2.17. The van der Waals surface area contributed by atoms with Gasteiger partial charge in [0.15, 0.2) is 5.54 Å². The van der Waals surface area contributed by atoms with Crippen LogP contribution in [0.1, 0.15) is 99.8 Å². The molecule has 0 aromatic heterocycles. The highest BCUT2D eigenvalue weighted by atomic mass is 16.5. The average molecular weight is 470 g/mol. The molecule has 2 aliphatic rings. The molecule has 188 valence electrons. The summed E-state index contributed by atoms with van der Waals surface area (Å²) in [7, 11) is 1.66. The fourth-order valence-electron chi connectivity index (χ4n) is 5.56. The van der Waals surface area contributed by atoms with Crippen molar-refractivity contribution in [2.24, 2.45) is 22.7 Å². The first-order valence-corrected chi connectivity index (χ1v) is 12.3. The van der Waals surface area contributed by atoms with Crippen molar-refractivity contribution in [3.05, 3.63) is 28.8 Å². The largest absolute Gasteiger partial charge is 0.424 e. The van der Waals surface area contributed by atoms with Gasteiger partial charge in [0.1, 0.15) is 11.5 Å². The molecule has 34 heavy (non-hydrogen) atoms. The molecular formula is C29H43NO4. The van der Waals surface area contributed by atoms with Gasteiger partial charge in [0.25, 0.3) is 0 Å². The van der Waals surface area contributed by atoms with Gasteiger partial charge in [0.2, 0.25) is 5.91 Å². The molecule has 0 aliphatic carbocycles. The molecule has 1 spiro atoms. The zero-order valence-electron chi connectivity index (χ0n) is 23.4. The van der Waals surface area contributed by atoms with Gasteiger partial charge >= 0.3 is 5.97 Å². The average Bonchev–Trinajstić information content (AvgIpc) is 3.05. The lowest BCUT2D eigenvalue weighted by Gasteiger charge is -2.39. The fraction of sp³-hybridized carbons (Fsp3) is 0.690. The van der Waals surface area contributed by atoms with Crippen LogP contribution in [0.25, 0.3) is 0 Å². The molecule has 0 radical (unpaired) electrons. The zero-order valence-corrected chi connectivity index (χ0v) is 23.4. The van der Waals surface area contributed by atoms with Crippen LogP contribution in [0.15, 0.2) is 12.1 Å². The lowest BCUT2D eigenvalue weighted by Crippen LogP contribution is -2.53. The summed E-state index contributed by atoms with van der Waals surface area (Å²) in [6, 6.07) is 4.12. The molecule has 5 heteroatoms. The quantitative estimate of drug-likeness (QED) is 0.387. The van der Waals surface area contributed by atoms with Crippen LogP contribution in [0, 0.1) is 22.7 Å². The summed E-state index contributed by atoms with van der Waals surface area (Å²) >= 11 is 0. The highest BCUT2D eigenvalue weighted by Gasteiger charge is 2.71. The normalized spacial score (nSPS) is 25.7. The van der Waals surface area contributed by atoms with Crippen LogP contribution in [0.2, 0.25) is 0 Å². The molecule has 0 N–H and O–H groups in total. The monoisotopic (exact) mass is 469 g/mol. The van der Waals surface area contributed by atoms with Gasteiger partial charge in [-0.2, -0.15) is 0 Å². The molecule has 2 aliphatic heterocycles. The van der Waals surface area contributed by atoms with E-state index in [-0.39, 0.29) is 22.5 Å². The van der Waals surface area contributed by atoms with E-state index in [1.807, 2.05) is 47.6 Å². The lowest BCUT2D eigenvalue weighted by atomic mass is 9.62. The van der Waals surface area contributed by atoms with Crippen LogP contribution in [0.3, 0.4) is 0 Å². The summed E-state index contributed by atoms with van der Waals surface area (Å²) < 4.78 is 6.06. The van der Waals surface area contributed by atoms with Crippen LogP contribution in [-0.2, 0) is 30.8 Å². The summed E-state index contributed by atoms with van der Waals surface area (Å²) in [5, 5.41) is 0. The molecule has 2 heterocycles. The van der Waals surface area contributed by atoms with Crippen molar-refractivity contribution >= 4 is 17.7 Å². The molecule has 1 aromatic carbocycles. The van der Waals surface area contributed by atoms with Crippen molar-refractivity contribution in [1.29, 1.82) is 0 Å². The molecule has 1 aromatic rings. The predicted molar refractivity (Wildman–Crippen MR) is 135 cm³/mol. The number of amides is 1. The Balaban J connectivity index is 2.50. The Labute approximate surface area is 205 Å². The van der Waals surface area contributed by atoms with E-state index in [2.05, 4.69) is 47.6 Å². The first-order valence-electron chi connectivity index (χ1n) is 12.3. The maximum absolute atomic E-state index is 14.1. The van der Waals surface area contributed by atoms with Crippen LogP contribution >= 0.6 is 0 Å². The number of nitrogens with zero attached hydrogens (tertiary/aromatic N) is 1. The molecule has 1 fully saturated rings. The van der Waals surface area contributed by atoms with Gasteiger partial charge in [-0.25, -0.2) is 4.79 Å². The Morgan fingerprint density at radius 2 is 1.41 bits per heavy atom. The standard InChI is InChI=1S/C29H43NO4/c1-25(2,3)16-14-17(26(4,5)6)21-18(15-16)29(24(33)34-21)19(22(31)28(10,11)12)20(27(7,8)9)23(32)30(29)13/h14-15,19-20H,1-13H3. The number of ether oxygens (including phenoxy) is 1. The summed E-state index contributed by atoms with van der Waals surface area (Å²) in [6.07, 6.45) is 0. The van der Waals surface area contributed by atoms with Crippen molar-refractivity contribution < 1.29 is 19.1 Å². The molecule has 3 rings (SSSR count). The third-order valence-electron chi connectivity index (χ3n) is 7.54. The van der Waals surface area contributed by atoms with E-state index in [4.69, 9.17) is 4.74 Å². The van der Waals surface area contributed by atoms with Crippen molar-refractivity contribution in [3.8, 4) is 5.75 Å². The molecular weight excluding hydrogens is 426 g/mol. The Kier molecular flexibility index (Phi) is 5.76. The van der Waals surface area contributed by atoms with E-state index in [9.17, 15) is 14.4 Å². The van der Waals surface area contributed by atoms with Gasteiger partial charge in [0.05, 0.1) is 11.8 Å². The number of likely N-dealkylation sites (N-methyl/N-ethyl adjacent to an activating group) is 1. The van der Waals surface area contributed by atoms with E-state index in [0.29, 0.717) is 11.3 Å². The number of ketones is 1. The maximum Gasteiger partial charge on any atom is 0.343 e. The van der Waals surface area contributed by atoms with Gasteiger partial charge in [-0.15, -0.1) is 0 Å². The van der Waals surface area contributed by atoms with Gasteiger partial charge < -0.3 is 9.64 Å². The van der Waals surface area contributed by atoms with E-state index in [1.54, 1.807) is 7.05 Å². The minimum absolute atomic E-state index is 0.0894. The highest BCUT2D eigenvalue weighted by Crippen LogP contribution is 2.60. The Morgan fingerprint density at radius 1 is 0.882 bits per heavy atom. The second-order valence-corrected chi connectivity index (χ2v) is 14.4. The number of likely N-dealkylation sites (tertiary alicyclic amines) is 1. The number of hydrogen-bond acceptors (Lipinski definition) is 4. The summed E-state index contributed by atoms with van der Waals surface area (Å²) in [5.41, 5.74) is -0.600. The molecule has 3 atom stereocenters. The smallest absolute Gasteiger partial charge is 0.343 e. The van der Waals surface area contributed by atoms with Crippen molar-refractivity contribution in [2.75, 3.05) is 7.05 Å². The maximum atomic E-state index is 14.1. The Morgan fingerprint density at radius 3 is 1.82 bits per heavy atom. The molecule has 5 nitrogen and oxygen atoms in total. The molecule has 1 amide bonds. The number of rotatable bonds is 1. The molecule has 0 bridgehead atoms. The number of esters is 1. The van der Waals surface area contributed by atoms with Crippen LogP contribution in [0.4, 0.5) is 0 Å². The van der Waals surface area contributed by atoms with Crippen LogP contribution < -0.4 is 4.74 Å². The SMILES string of the molecule is CN1C(=O)C(C(C)(C)C)C(C(=O)C(C)(C)C)C12C(=O)Oc1c(C(C)(C)C)cc(C(C)(C)C)cc12. The van der Waals surface area contributed by atoms with Crippen LogP contribution in [0.5, 0.6) is 5.75 Å².